The number of rotatable bonds is 24. The molecule has 0 aliphatic carbocycles. The molecule has 0 aromatic heterocycles. The van der Waals surface area contributed by atoms with Crippen molar-refractivity contribution in [2.45, 2.75) is 156 Å². The summed E-state index contributed by atoms with van der Waals surface area (Å²) in [6.07, 6.45) is 28.0. The van der Waals surface area contributed by atoms with Crippen LogP contribution in [0.1, 0.15) is 156 Å². The molecule has 0 N–H and O–H groups in total. The Morgan fingerprint density at radius 1 is 0.379 bits per heavy atom. The van der Waals surface area contributed by atoms with E-state index in [1.54, 1.807) is 0 Å². The van der Waals surface area contributed by atoms with Crippen LogP contribution < -0.4 is 0 Å². The first-order valence-corrected chi connectivity index (χ1v) is 13.9. The van der Waals surface area contributed by atoms with Gasteiger partial charge in [-0.05, 0) is 24.7 Å². The van der Waals surface area contributed by atoms with Crippen LogP contribution in [0.2, 0.25) is 0 Å². The Bertz CT molecular complexity index is 260. The van der Waals surface area contributed by atoms with Crippen LogP contribution >= 0.6 is 0 Å². The molecule has 0 aliphatic rings. The van der Waals surface area contributed by atoms with Gasteiger partial charge in [-0.1, -0.05) is 143 Å². The van der Waals surface area contributed by atoms with Crippen LogP contribution in [-0.2, 0) is 4.74 Å². The van der Waals surface area contributed by atoms with Gasteiger partial charge >= 0.3 is 0 Å². The second kappa shape index (κ2) is 24.2. The summed E-state index contributed by atoms with van der Waals surface area (Å²) in [4.78, 5) is 0. The maximum Gasteiger partial charge on any atom is 0.0466 e. The van der Waals surface area contributed by atoms with Crippen LogP contribution in [-0.4, -0.2) is 13.2 Å². The van der Waals surface area contributed by atoms with E-state index in [1.165, 1.54) is 128 Å². The fourth-order valence-electron chi connectivity index (χ4n) is 4.78. The highest BCUT2D eigenvalue weighted by Gasteiger charge is 2.08. The normalized spacial score (nSPS) is 13.7. The minimum absolute atomic E-state index is 0.990. The fourth-order valence-corrected chi connectivity index (χ4v) is 4.78. The Morgan fingerprint density at radius 2 is 0.759 bits per heavy atom. The highest BCUT2D eigenvalue weighted by Crippen LogP contribution is 2.23. The van der Waals surface area contributed by atoms with Gasteiger partial charge in [0.05, 0.1) is 0 Å². The van der Waals surface area contributed by atoms with Crippen LogP contribution in [0, 0.1) is 11.8 Å². The van der Waals surface area contributed by atoms with Crippen LogP contribution in [0.3, 0.4) is 0 Å². The molecule has 0 saturated heterocycles. The summed E-state index contributed by atoms with van der Waals surface area (Å²) < 4.78 is 5.90. The molecule has 1 heteroatoms. The quantitative estimate of drug-likeness (QED) is 0.144. The molecular weight excluding hydrogens is 352 g/mol. The molecule has 176 valence electrons. The van der Waals surface area contributed by atoms with Crippen molar-refractivity contribution in [3.63, 3.8) is 0 Å². The van der Waals surface area contributed by atoms with Crippen LogP contribution in [0.15, 0.2) is 0 Å². The lowest BCUT2D eigenvalue weighted by atomic mass is 9.91. The lowest BCUT2D eigenvalue weighted by molar-refractivity contribution is 0.125. The summed E-state index contributed by atoms with van der Waals surface area (Å²) in [5, 5.41) is 0. The zero-order chi connectivity index (χ0) is 21.4. The molecular formula is C28H58O. The predicted octanol–water partition coefficient (Wildman–Crippen LogP) is 10.1. The average molecular weight is 411 g/mol. The van der Waals surface area contributed by atoms with Gasteiger partial charge in [-0.3, -0.25) is 0 Å². The van der Waals surface area contributed by atoms with Gasteiger partial charge in [0.2, 0.25) is 0 Å². The van der Waals surface area contributed by atoms with Gasteiger partial charge in [-0.15, -0.1) is 0 Å². The zero-order valence-corrected chi connectivity index (χ0v) is 21.1. The van der Waals surface area contributed by atoms with Crippen LogP contribution in [0.4, 0.5) is 0 Å². The van der Waals surface area contributed by atoms with Crippen molar-refractivity contribution in [2.24, 2.45) is 11.8 Å². The van der Waals surface area contributed by atoms with Gasteiger partial charge in [0.15, 0.2) is 0 Å². The number of hydrogen-bond acceptors (Lipinski definition) is 1. The summed E-state index contributed by atoms with van der Waals surface area (Å²) in [5.41, 5.74) is 0. The van der Waals surface area contributed by atoms with Gasteiger partial charge in [0, 0.05) is 13.2 Å². The van der Waals surface area contributed by atoms with Crippen LogP contribution in [0.5, 0.6) is 0 Å². The maximum atomic E-state index is 5.90. The summed E-state index contributed by atoms with van der Waals surface area (Å²) in [6.45, 7) is 11.3. The van der Waals surface area contributed by atoms with E-state index in [0.29, 0.717) is 0 Å². The topological polar surface area (TPSA) is 9.23 Å². The third-order valence-corrected chi connectivity index (χ3v) is 6.63. The van der Waals surface area contributed by atoms with Crippen molar-refractivity contribution < 1.29 is 4.74 Å². The molecule has 0 saturated carbocycles. The summed E-state index contributed by atoms with van der Waals surface area (Å²) in [5.74, 6) is 1.98. The number of hydrogen-bond donors (Lipinski definition) is 0. The lowest BCUT2D eigenvalue weighted by Crippen LogP contribution is -2.02. The first-order valence-electron chi connectivity index (χ1n) is 13.9. The van der Waals surface area contributed by atoms with E-state index in [1.807, 2.05) is 0 Å². The van der Waals surface area contributed by atoms with Gasteiger partial charge in [0.1, 0.15) is 0 Å². The van der Waals surface area contributed by atoms with Gasteiger partial charge in [-0.2, -0.15) is 0 Å². The summed E-state index contributed by atoms with van der Waals surface area (Å²) in [6, 6.07) is 0. The third-order valence-electron chi connectivity index (χ3n) is 6.63. The Kier molecular flexibility index (Phi) is 24.2. The third kappa shape index (κ3) is 21.0. The van der Waals surface area contributed by atoms with Gasteiger partial charge < -0.3 is 4.74 Å². The molecule has 0 rings (SSSR count). The molecule has 1 nitrogen and oxygen atoms in total. The molecule has 0 aromatic rings. The number of ether oxygens (including phenoxy) is 1. The van der Waals surface area contributed by atoms with E-state index in [2.05, 4.69) is 27.7 Å². The summed E-state index contributed by atoms with van der Waals surface area (Å²) >= 11 is 0. The van der Waals surface area contributed by atoms with Crippen molar-refractivity contribution in [2.75, 3.05) is 13.2 Å². The second-order valence-electron chi connectivity index (χ2n) is 9.61. The van der Waals surface area contributed by atoms with E-state index in [4.69, 9.17) is 4.74 Å². The Labute approximate surface area is 186 Å². The van der Waals surface area contributed by atoms with E-state index < -0.39 is 0 Å². The highest BCUT2D eigenvalue weighted by atomic mass is 16.5. The Balaban J connectivity index is 3.48. The average Bonchev–Trinajstić information content (AvgIpc) is 2.72. The molecule has 0 bridgehead atoms. The van der Waals surface area contributed by atoms with Crippen molar-refractivity contribution in [3.05, 3.63) is 0 Å². The predicted molar refractivity (Wildman–Crippen MR) is 133 cm³/mol. The number of unbranched alkanes of at least 4 members (excludes halogenated alkanes) is 8. The van der Waals surface area contributed by atoms with Crippen molar-refractivity contribution >= 4 is 0 Å². The lowest BCUT2D eigenvalue weighted by Gasteiger charge is -2.16. The Morgan fingerprint density at radius 3 is 1.10 bits per heavy atom. The summed E-state index contributed by atoms with van der Waals surface area (Å²) in [7, 11) is 0. The molecule has 2 unspecified atom stereocenters. The minimum Gasteiger partial charge on any atom is -0.381 e. The van der Waals surface area contributed by atoms with Gasteiger partial charge in [0.25, 0.3) is 0 Å². The monoisotopic (exact) mass is 410 g/mol. The maximum absolute atomic E-state index is 5.90. The van der Waals surface area contributed by atoms with E-state index in [-0.39, 0.29) is 0 Å². The highest BCUT2D eigenvalue weighted by molar-refractivity contribution is 4.61. The van der Waals surface area contributed by atoms with E-state index in [0.717, 1.165) is 25.0 Å². The van der Waals surface area contributed by atoms with E-state index >= 15 is 0 Å². The standard InChI is InChI=1S/C28H58O/c1-5-9-13-21-27(19-7-3)23-15-11-17-25-29-26-18-12-16-24-28(20-8-4)22-14-10-6-2/h27-28H,5-26H2,1-4H3. The molecule has 0 radical (unpaired) electrons. The zero-order valence-electron chi connectivity index (χ0n) is 21.1. The van der Waals surface area contributed by atoms with Crippen LogP contribution in [0.25, 0.3) is 0 Å². The van der Waals surface area contributed by atoms with Crippen molar-refractivity contribution in [1.29, 1.82) is 0 Å². The molecule has 2 atom stereocenters. The van der Waals surface area contributed by atoms with Crippen molar-refractivity contribution in [3.8, 4) is 0 Å². The molecule has 0 spiro atoms. The molecule has 0 fully saturated rings. The fraction of sp³-hybridized carbons (Fsp3) is 1.00. The first-order chi connectivity index (χ1) is 14.3. The minimum atomic E-state index is 0.990. The molecule has 0 heterocycles. The first kappa shape index (κ1) is 29.0. The van der Waals surface area contributed by atoms with Crippen molar-refractivity contribution in [1.82, 2.24) is 0 Å². The Hall–Kier alpha value is -0.0400. The smallest absolute Gasteiger partial charge is 0.0466 e. The van der Waals surface area contributed by atoms with E-state index in [9.17, 15) is 0 Å². The SMILES string of the molecule is CCCCCC(CCC)CCCCCOCCCCCC(CCC)CCCCC. The molecule has 0 amide bonds. The molecule has 29 heavy (non-hydrogen) atoms. The second-order valence-corrected chi connectivity index (χ2v) is 9.61. The largest absolute Gasteiger partial charge is 0.381 e. The molecule has 0 aromatic carbocycles. The molecule has 0 aliphatic heterocycles. The van der Waals surface area contributed by atoms with Gasteiger partial charge in [-0.25, -0.2) is 0 Å².